The SMILES string of the molecule is O=C(c1cccc(CSC2=NC(=Cc3ccccc3)C(=O)N2c2ccc(F)cc2)c1)N1CCCCC1. The zero-order valence-corrected chi connectivity index (χ0v) is 20.6. The molecule has 0 aromatic heterocycles. The summed E-state index contributed by atoms with van der Waals surface area (Å²) in [5, 5.41) is 0.515. The quantitative estimate of drug-likeness (QED) is 0.397. The van der Waals surface area contributed by atoms with Crippen molar-refractivity contribution in [2.45, 2.75) is 25.0 Å². The molecule has 0 saturated carbocycles. The molecule has 1 fully saturated rings. The molecular formula is C29H26FN3O2S. The molecular weight excluding hydrogens is 473 g/mol. The van der Waals surface area contributed by atoms with Gasteiger partial charge < -0.3 is 4.90 Å². The van der Waals surface area contributed by atoms with E-state index in [1.807, 2.05) is 59.5 Å². The molecule has 0 spiro atoms. The van der Waals surface area contributed by atoms with Crippen molar-refractivity contribution in [3.8, 4) is 0 Å². The number of rotatable bonds is 5. The average molecular weight is 500 g/mol. The third-order valence-corrected chi connectivity index (χ3v) is 7.21. The second-order valence-corrected chi connectivity index (χ2v) is 9.74. The number of carbonyl (C=O) groups is 2. The van der Waals surface area contributed by atoms with Crippen LogP contribution < -0.4 is 4.90 Å². The number of hydrogen-bond donors (Lipinski definition) is 0. The molecule has 7 heteroatoms. The standard InChI is InChI=1S/C29H26FN3O2S/c30-24-12-14-25(15-13-24)33-28(35)26(19-21-8-3-1-4-9-21)31-29(33)36-20-22-10-7-11-23(18-22)27(34)32-16-5-2-6-17-32/h1,3-4,7-15,18-19H,2,5-6,16-17,20H2. The van der Waals surface area contributed by atoms with E-state index in [-0.39, 0.29) is 17.6 Å². The molecule has 0 aliphatic carbocycles. The lowest BCUT2D eigenvalue weighted by Crippen LogP contribution is -2.35. The normalized spacial score (nSPS) is 17.0. The number of benzene rings is 3. The highest BCUT2D eigenvalue weighted by atomic mass is 32.2. The lowest BCUT2D eigenvalue weighted by molar-refractivity contribution is -0.113. The Morgan fingerprint density at radius 1 is 0.944 bits per heavy atom. The lowest BCUT2D eigenvalue weighted by atomic mass is 10.1. The number of carbonyl (C=O) groups excluding carboxylic acids is 2. The summed E-state index contributed by atoms with van der Waals surface area (Å²) in [5.74, 6) is -0.0338. The monoisotopic (exact) mass is 499 g/mol. The number of amidine groups is 1. The molecule has 2 aliphatic heterocycles. The van der Waals surface area contributed by atoms with Gasteiger partial charge in [0.1, 0.15) is 11.5 Å². The summed E-state index contributed by atoms with van der Waals surface area (Å²) in [6.45, 7) is 1.61. The van der Waals surface area contributed by atoms with Crippen LogP contribution in [0.2, 0.25) is 0 Å². The fraction of sp³-hybridized carbons (Fsp3) is 0.207. The van der Waals surface area contributed by atoms with Gasteiger partial charge in [0.2, 0.25) is 0 Å². The zero-order valence-electron chi connectivity index (χ0n) is 19.8. The molecule has 0 unspecified atom stereocenters. The van der Waals surface area contributed by atoms with Crippen LogP contribution >= 0.6 is 11.8 Å². The van der Waals surface area contributed by atoms with Crippen molar-refractivity contribution in [2.75, 3.05) is 18.0 Å². The molecule has 1 saturated heterocycles. The lowest BCUT2D eigenvalue weighted by Gasteiger charge is -2.26. The number of amides is 2. The van der Waals surface area contributed by atoms with Gasteiger partial charge in [-0.2, -0.15) is 0 Å². The molecule has 3 aromatic carbocycles. The van der Waals surface area contributed by atoms with E-state index in [1.54, 1.807) is 18.2 Å². The van der Waals surface area contributed by atoms with Crippen LogP contribution in [0, 0.1) is 5.82 Å². The molecule has 36 heavy (non-hydrogen) atoms. The van der Waals surface area contributed by atoms with Gasteiger partial charge in [-0.05, 0) is 72.9 Å². The van der Waals surface area contributed by atoms with E-state index >= 15 is 0 Å². The zero-order chi connectivity index (χ0) is 24.9. The summed E-state index contributed by atoms with van der Waals surface area (Å²) in [6, 6.07) is 23.0. The van der Waals surface area contributed by atoms with Gasteiger partial charge in [-0.15, -0.1) is 0 Å². The topological polar surface area (TPSA) is 53.0 Å². The van der Waals surface area contributed by atoms with E-state index in [4.69, 9.17) is 0 Å². The van der Waals surface area contributed by atoms with Crippen LogP contribution in [-0.2, 0) is 10.5 Å². The highest BCUT2D eigenvalue weighted by Crippen LogP contribution is 2.31. The fourth-order valence-electron chi connectivity index (χ4n) is 4.34. The van der Waals surface area contributed by atoms with Crippen molar-refractivity contribution >= 4 is 40.5 Å². The van der Waals surface area contributed by atoms with Crippen LogP contribution in [0.4, 0.5) is 10.1 Å². The molecule has 0 bridgehead atoms. The Morgan fingerprint density at radius 3 is 2.44 bits per heavy atom. The smallest absolute Gasteiger partial charge is 0.283 e. The Labute approximate surface area is 214 Å². The third-order valence-electron chi connectivity index (χ3n) is 6.20. The van der Waals surface area contributed by atoms with Gasteiger partial charge in [0.25, 0.3) is 11.8 Å². The van der Waals surface area contributed by atoms with Crippen LogP contribution in [0.5, 0.6) is 0 Å². The summed E-state index contributed by atoms with van der Waals surface area (Å²) in [7, 11) is 0. The molecule has 5 nitrogen and oxygen atoms in total. The predicted octanol–water partition coefficient (Wildman–Crippen LogP) is 6.13. The van der Waals surface area contributed by atoms with Crippen LogP contribution in [0.25, 0.3) is 6.08 Å². The van der Waals surface area contributed by atoms with Gasteiger partial charge in [0.15, 0.2) is 5.17 Å². The first-order valence-electron chi connectivity index (χ1n) is 12.0. The van der Waals surface area contributed by atoms with Crippen molar-refractivity contribution in [1.29, 1.82) is 0 Å². The summed E-state index contributed by atoms with van der Waals surface area (Å²) in [4.78, 5) is 34.3. The first kappa shape index (κ1) is 24.0. The maximum atomic E-state index is 13.6. The first-order valence-corrected chi connectivity index (χ1v) is 13.0. The van der Waals surface area contributed by atoms with E-state index in [1.165, 1.54) is 35.2 Å². The average Bonchev–Trinajstić information content (AvgIpc) is 3.23. The van der Waals surface area contributed by atoms with Crippen molar-refractivity contribution in [2.24, 2.45) is 4.99 Å². The van der Waals surface area contributed by atoms with Crippen LogP contribution in [0.1, 0.15) is 40.7 Å². The fourth-order valence-corrected chi connectivity index (χ4v) is 5.30. The number of halogens is 1. The largest absolute Gasteiger partial charge is 0.339 e. The summed E-state index contributed by atoms with van der Waals surface area (Å²) in [6.07, 6.45) is 5.03. The van der Waals surface area contributed by atoms with E-state index in [0.29, 0.717) is 27.9 Å². The molecule has 0 radical (unpaired) electrons. The minimum absolute atomic E-state index is 0.0657. The number of likely N-dealkylation sites (tertiary alicyclic amines) is 1. The van der Waals surface area contributed by atoms with Gasteiger partial charge in [-0.25, -0.2) is 9.38 Å². The van der Waals surface area contributed by atoms with Crippen molar-refractivity contribution in [3.63, 3.8) is 0 Å². The van der Waals surface area contributed by atoms with E-state index in [2.05, 4.69) is 4.99 Å². The van der Waals surface area contributed by atoms with Gasteiger partial charge in [0, 0.05) is 24.4 Å². The van der Waals surface area contributed by atoms with Crippen LogP contribution in [0.15, 0.2) is 89.6 Å². The molecule has 2 amide bonds. The van der Waals surface area contributed by atoms with Crippen molar-refractivity contribution in [3.05, 3.63) is 107 Å². The van der Waals surface area contributed by atoms with Gasteiger partial charge in [0.05, 0.1) is 5.69 Å². The van der Waals surface area contributed by atoms with E-state index in [9.17, 15) is 14.0 Å². The minimum atomic E-state index is -0.369. The van der Waals surface area contributed by atoms with Crippen LogP contribution in [-0.4, -0.2) is 35.0 Å². The minimum Gasteiger partial charge on any atom is -0.339 e. The molecule has 2 aliphatic rings. The number of piperidine rings is 1. The van der Waals surface area contributed by atoms with Gasteiger partial charge in [-0.1, -0.05) is 54.2 Å². The second-order valence-electron chi connectivity index (χ2n) is 8.79. The molecule has 0 N–H and O–H groups in total. The molecule has 182 valence electrons. The van der Waals surface area contributed by atoms with Crippen LogP contribution in [0.3, 0.4) is 0 Å². The van der Waals surface area contributed by atoms with Crippen molar-refractivity contribution < 1.29 is 14.0 Å². The molecule has 0 atom stereocenters. The summed E-state index contributed by atoms with van der Waals surface area (Å²) in [5.41, 5.74) is 3.40. The molecule has 2 heterocycles. The van der Waals surface area contributed by atoms with Crippen molar-refractivity contribution in [1.82, 2.24) is 4.90 Å². The Balaban J connectivity index is 1.38. The highest BCUT2D eigenvalue weighted by Gasteiger charge is 2.32. The number of thioether (sulfide) groups is 1. The molecule has 3 aromatic rings. The summed E-state index contributed by atoms with van der Waals surface area (Å²) < 4.78 is 13.6. The Morgan fingerprint density at radius 2 is 1.69 bits per heavy atom. The Bertz CT molecular complexity index is 1320. The Kier molecular flexibility index (Phi) is 7.28. The number of aliphatic imine (C=N–C) groups is 1. The first-order chi connectivity index (χ1) is 17.6. The van der Waals surface area contributed by atoms with E-state index in [0.717, 1.165) is 37.1 Å². The number of hydrogen-bond acceptors (Lipinski definition) is 4. The highest BCUT2D eigenvalue weighted by molar-refractivity contribution is 8.13. The third kappa shape index (κ3) is 5.41. The van der Waals surface area contributed by atoms with Gasteiger partial charge in [-0.3, -0.25) is 14.5 Å². The van der Waals surface area contributed by atoms with Gasteiger partial charge >= 0.3 is 0 Å². The second kappa shape index (κ2) is 10.9. The molecule has 5 rings (SSSR count). The maximum Gasteiger partial charge on any atom is 0.283 e. The number of anilines is 1. The Hall–Kier alpha value is -3.71. The van der Waals surface area contributed by atoms with E-state index < -0.39 is 0 Å². The predicted molar refractivity (Wildman–Crippen MR) is 143 cm³/mol. The number of nitrogens with zero attached hydrogens (tertiary/aromatic N) is 3. The maximum absolute atomic E-state index is 13.6. The summed E-state index contributed by atoms with van der Waals surface area (Å²) >= 11 is 1.41.